The largest absolute Gasteiger partial charge is 0.372 e. The number of para-hydroxylation sites is 2. The Morgan fingerprint density at radius 3 is 2.32 bits per heavy atom. The molecule has 2 aromatic rings. The minimum Gasteiger partial charge on any atom is -0.372 e. The third-order valence-corrected chi connectivity index (χ3v) is 5.39. The maximum atomic E-state index is 12.3. The number of anilines is 2. The molecule has 0 spiro atoms. The summed E-state index contributed by atoms with van der Waals surface area (Å²) in [6.45, 7) is 10.5. The molecule has 7 heteroatoms. The Bertz CT molecular complexity index is 861. The predicted molar refractivity (Wildman–Crippen MR) is 111 cm³/mol. The van der Waals surface area contributed by atoms with Crippen LogP contribution in [0.4, 0.5) is 11.6 Å². The van der Waals surface area contributed by atoms with E-state index >= 15 is 0 Å². The third kappa shape index (κ3) is 3.76. The molecule has 2 aliphatic heterocycles. The molecule has 0 saturated carbocycles. The van der Waals surface area contributed by atoms with E-state index in [2.05, 4.69) is 37.9 Å². The van der Waals surface area contributed by atoms with Crippen molar-refractivity contribution in [3.05, 3.63) is 24.3 Å². The second kappa shape index (κ2) is 7.54. The van der Waals surface area contributed by atoms with Gasteiger partial charge >= 0.3 is 0 Å². The number of rotatable bonds is 4. The van der Waals surface area contributed by atoms with Gasteiger partial charge < -0.3 is 19.9 Å². The van der Waals surface area contributed by atoms with Gasteiger partial charge in [0.2, 0.25) is 5.91 Å². The number of nitrogens with one attached hydrogen (secondary N) is 1. The first-order valence-corrected chi connectivity index (χ1v) is 10.1. The van der Waals surface area contributed by atoms with Crippen molar-refractivity contribution in [3.8, 4) is 0 Å². The van der Waals surface area contributed by atoms with Gasteiger partial charge in [0, 0.05) is 32.1 Å². The molecule has 150 valence electrons. The number of benzene rings is 1. The van der Waals surface area contributed by atoms with Crippen molar-refractivity contribution in [2.75, 3.05) is 29.9 Å². The maximum absolute atomic E-state index is 12.3. The highest BCUT2D eigenvalue weighted by molar-refractivity contribution is 5.83. The number of aromatic nitrogens is 2. The molecule has 28 heavy (non-hydrogen) atoms. The Labute approximate surface area is 166 Å². The standard InChI is InChI=1S/C21H29N5O2/c1-13(2)26-12-16(9-19(26)27)22-20-21(25-10-14(3)28-15(4)11-25)24-18-8-6-5-7-17(18)23-20/h5-8,13-16H,9-12H2,1-4H3,(H,22,23). The van der Waals surface area contributed by atoms with Crippen LogP contribution in [-0.4, -0.2) is 64.7 Å². The molecular weight excluding hydrogens is 354 g/mol. The van der Waals surface area contributed by atoms with Gasteiger partial charge in [-0.1, -0.05) is 12.1 Å². The molecule has 3 unspecified atom stereocenters. The van der Waals surface area contributed by atoms with Gasteiger partial charge in [-0.3, -0.25) is 4.79 Å². The topological polar surface area (TPSA) is 70.6 Å². The van der Waals surface area contributed by atoms with E-state index in [0.717, 1.165) is 35.8 Å². The molecule has 2 fully saturated rings. The number of carbonyl (C=O) groups excluding carboxylic acids is 1. The molecule has 2 aliphatic rings. The van der Waals surface area contributed by atoms with Gasteiger partial charge in [-0.05, 0) is 39.8 Å². The Morgan fingerprint density at radius 2 is 1.71 bits per heavy atom. The number of likely N-dealkylation sites (tertiary alicyclic amines) is 1. The van der Waals surface area contributed by atoms with E-state index in [1.165, 1.54) is 0 Å². The third-order valence-electron chi connectivity index (χ3n) is 5.39. The van der Waals surface area contributed by atoms with Crippen molar-refractivity contribution < 1.29 is 9.53 Å². The first-order chi connectivity index (χ1) is 13.4. The van der Waals surface area contributed by atoms with Crippen LogP contribution in [0.2, 0.25) is 0 Å². The van der Waals surface area contributed by atoms with Crippen molar-refractivity contribution >= 4 is 28.6 Å². The van der Waals surface area contributed by atoms with E-state index in [1.807, 2.05) is 29.2 Å². The lowest BCUT2D eigenvalue weighted by Gasteiger charge is -2.37. The number of nitrogens with zero attached hydrogens (tertiary/aromatic N) is 4. The van der Waals surface area contributed by atoms with Gasteiger partial charge in [0.1, 0.15) is 0 Å². The second-order valence-electron chi connectivity index (χ2n) is 8.23. The van der Waals surface area contributed by atoms with Crippen molar-refractivity contribution in [1.82, 2.24) is 14.9 Å². The molecule has 1 aromatic heterocycles. The zero-order valence-electron chi connectivity index (χ0n) is 17.1. The molecule has 0 aliphatic carbocycles. The van der Waals surface area contributed by atoms with Crippen LogP contribution in [-0.2, 0) is 9.53 Å². The first kappa shape index (κ1) is 18.9. The minimum absolute atomic E-state index is 0.0417. The fraction of sp³-hybridized carbons (Fsp3) is 0.571. The summed E-state index contributed by atoms with van der Waals surface area (Å²) in [6, 6.07) is 8.17. The van der Waals surface area contributed by atoms with E-state index in [1.54, 1.807) is 0 Å². The van der Waals surface area contributed by atoms with Crippen molar-refractivity contribution in [3.63, 3.8) is 0 Å². The van der Waals surface area contributed by atoms with E-state index in [0.29, 0.717) is 13.0 Å². The van der Waals surface area contributed by atoms with Crippen LogP contribution in [0.1, 0.15) is 34.1 Å². The maximum Gasteiger partial charge on any atom is 0.225 e. The van der Waals surface area contributed by atoms with Gasteiger partial charge in [0.25, 0.3) is 0 Å². The number of hydrogen-bond donors (Lipinski definition) is 1. The number of ether oxygens (including phenoxy) is 1. The molecule has 7 nitrogen and oxygen atoms in total. The van der Waals surface area contributed by atoms with Crippen LogP contribution in [0, 0.1) is 0 Å². The summed E-state index contributed by atoms with van der Waals surface area (Å²) in [5, 5.41) is 3.53. The number of hydrogen-bond acceptors (Lipinski definition) is 6. The lowest BCUT2D eigenvalue weighted by molar-refractivity contribution is -0.129. The number of morpholine rings is 1. The summed E-state index contributed by atoms with van der Waals surface area (Å²) < 4.78 is 5.89. The molecule has 3 heterocycles. The Kier molecular flexibility index (Phi) is 5.10. The molecule has 0 radical (unpaired) electrons. The number of carbonyl (C=O) groups is 1. The van der Waals surface area contributed by atoms with Crippen LogP contribution >= 0.6 is 0 Å². The van der Waals surface area contributed by atoms with Gasteiger partial charge in [-0.25, -0.2) is 9.97 Å². The van der Waals surface area contributed by atoms with Gasteiger partial charge in [0.05, 0.1) is 29.3 Å². The Balaban J connectivity index is 1.67. The first-order valence-electron chi connectivity index (χ1n) is 10.1. The van der Waals surface area contributed by atoms with Crippen LogP contribution in [0.3, 0.4) is 0 Å². The van der Waals surface area contributed by atoms with Crippen molar-refractivity contribution in [2.45, 2.75) is 58.4 Å². The summed E-state index contributed by atoms with van der Waals surface area (Å²) in [7, 11) is 0. The second-order valence-corrected chi connectivity index (χ2v) is 8.23. The highest BCUT2D eigenvalue weighted by Gasteiger charge is 2.33. The minimum atomic E-state index is 0.0417. The molecular formula is C21H29N5O2. The molecule has 1 amide bonds. The number of fused-ring (bicyclic) bond motifs is 1. The Morgan fingerprint density at radius 1 is 1.07 bits per heavy atom. The average molecular weight is 383 g/mol. The van der Waals surface area contributed by atoms with E-state index in [9.17, 15) is 4.79 Å². The molecule has 0 bridgehead atoms. The predicted octanol–water partition coefficient (Wildman–Crippen LogP) is 2.66. The Hall–Kier alpha value is -2.41. The molecule has 1 N–H and O–H groups in total. The SMILES string of the molecule is CC1CN(c2nc3ccccc3nc2NC2CC(=O)N(C(C)C)C2)CC(C)O1. The van der Waals surface area contributed by atoms with E-state index in [4.69, 9.17) is 14.7 Å². The van der Waals surface area contributed by atoms with Crippen LogP contribution < -0.4 is 10.2 Å². The fourth-order valence-corrected chi connectivity index (χ4v) is 4.18. The summed E-state index contributed by atoms with van der Waals surface area (Å²) in [5.74, 6) is 1.79. The zero-order chi connectivity index (χ0) is 19.8. The molecule has 1 aromatic carbocycles. The summed E-state index contributed by atoms with van der Waals surface area (Å²) in [6.07, 6.45) is 0.755. The van der Waals surface area contributed by atoms with E-state index in [-0.39, 0.29) is 30.2 Å². The fourth-order valence-electron chi connectivity index (χ4n) is 4.18. The normalized spacial score (nSPS) is 25.8. The quantitative estimate of drug-likeness (QED) is 0.875. The van der Waals surface area contributed by atoms with E-state index < -0.39 is 0 Å². The summed E-state index contributed by atoms with van der Waals surface area (Å²) in [4.78, 5) is 26.3. The summed E-state index contributed by atoms with van der Waals surface area (Å²) >= 11 is 0. The molecule has 4 rings (SSSR count). The monoisotopic (exact) mass is 383 g/mol. The van der Waals surface area contributed by atoms with Gasteiger partial charge in [-0.15, -0.1) is 0 Å². The molecule has 3 atom stereocenters. The zero-order valence-corrected chi connectivity index (χ0v) is 17.1. The van der Waals surface area contributed by atoms with Gasteiger partial charge in [0.15, 0.2) is 11.6 Å². The van der Waals surface area contributed by atoms with Crippen LogP contribution in [0.15, 0.2) is 24.3 Å². The highest BCUT2D eigenvalue weighted by Crippen LogP contribution is 2.29. The lowest BCUT2D eigenvalue weighted by Crippen LogP contribution is -2.46. The summed E-state index contributed by atoms with van der Waals surface area (Å²) in [5.41, 5.74) is 1.73. The molecule has 2 saturated heterocycles. The lowest BCUT2D eigenvalue weighted by atomic mass is 10.2. The van der Waals surface area contributed by atoms with Crippen LogP contribution in [0.25, 0.3) is 11.0 Å². The van der Waals surface area contributed by atoms with Gasteiger partial charge in [-0.2, -0.15) is 0 Å². The number of amides is 1. The van der Waals surface area contributed by atoms with Crippen molar-refractivity contribution in [2.24, 2.45) is 0 Å². The smallest absolute Gasteiger partial charge is 0.225 e. The average Bonchev–Trinajstić information content (AvgIpc) is 3.01. The highest BCUT2D eigenvalue weighted by atomic mass is 16.5. The van der Waals surface area contributed by atoms with Crippen molar-refractivity contribution in [1.29, 1.82) is 0 Å². The van der Waals surface area contributed by atoms with Crippen LogP contribution in [0.5, 0.6) is 0 Å².